The highest BCUT2D eigenvalue weighted by molar-refractivity contribution is 6.32. The lowest BCUT2D eigenvalue weighted by molar-refractivity contribution is 0.0762. The Hall–Kier alpha value is -1.46. The van der Waals surface area contributed by atoms with Crippen LogP contribution in [0.4, 0.5) is 0 Å². The van der Waals surface area contributed by atoms with Gasteiger partial charge in [-0.05, 0) is 44.5 Å². The maximum absolute atomic E-state index is 12.8. The first-order valence-electron chi connectivity index (χ1n) is 8.90. The second-order valence-electron chi connectivity index (χ2n) is 6.97. The predicted molar refractivity (Wildman–Crippen MR) is 101 cm³/mol. The van der Waals surface area contributed by atoms with Crippen LogP contribution in [0.15, 0.2) is 12.1 Å². The van der Waals surface area contributed by atoms with Crippen LogP contribution in [0, 0.1) is 5.92 Å². The van der Waals surface area contributed by atoms with Crippen molar-refractivity contribution in [1.82, 2.24) is 9.80 Å². The summed E-state index contributed by atoms with van der Waals surface area (Å²) >= 11 is 6.38. The molecule has 1 saturated heterocycles. The molecule has 0 aliphatic carbocycles. The fourth-order valence-electron chi connectivity index (χ4n) is 2.81. The Morgan fingerprint density at radius 1 is 1.24 bits per heavy atom. The van der Waals surface area contributed by atoms with E-state index >= 15 is 0 Å². The Balaban J connectivity index is 2.15. The van der Waals surface area contributed by atoms with E-state index in [0.717, 1.165) is 39.0 Å². The molecular weight excluding hydrogens is 340 g/mol. The van der Waals surface area contributed by atoms with Crippen molar-refractivity contribution in [3.63, 3.8) is 0 Å². The van der Waals surface area contributed by atoms with Crippen LogP contribution in [0.5, 0.6) is 11.5 Å². The van der Waals surface area contributed by atoms with Crippen LogP contribution in [-0.4, -0.2) is 62.7 Å². The van der Waals surface area contributed by atoms with E-state index in [1.807, 2.05) is 4.90 Å². The molecule has 140 valence electrons. The third kappa shape index (κ3) is 5.51. The molecule has 0 unspecified atom stereocenters. The molecule has 6 heteroatoms. The van der Waals surface area contributed by atoms with Crippen LogP contribution in [0.25, 0.3) is 0 Å². The van der Waals surface area contributed by atoms with Gasteiger partial charge in [0, 0.05) is 25.2 Å². The molecule has 1 aliphatic rings. The van der Waals surface area contributed by atoms with Gasteiger partial charge in [0.1, 0.15) is 0 Å². The van der Waals surface area contributed by atoms with E-state index in [2.05, 4.69) is 25.8 Å². The van der Waals surface area contributed by atoms with E-state index in [1.165, 1.54) is 0 Å². The summed E-state index contributed by atoms with van der Waals surface area (Å²) in [4.78, 5) is 17.0. The Morgan fingerprint density at radius 2 is 2.00 bits per heavy atom. The minimum atomic E-state index is -0.00997. The van der Waals surface area contributed by atoms with E-state index in [4.69, 9.17) is 21.1 Å². The summed E-state index contributed by atoms with van der Waals surface area (Å²) in [5, 5.41) is 0.415. The van der Waals surface area contributed by atoms with Crippen molar-refractivity contribution in [2.24, 2.45) is 5.92 Å². The van der Waals surface area contributed by atoms with Crippen molar-refractivity contribution in [1.29, 1.82) is 0 Å². The van der Waals surface area contributed by atoms with Crippen LogP contribution in [0.3, 0.4) is 0 Å². The monoisotopic (exact) mass is 368 g/mol. The summed E-state index contributed by atoms with van der Waals surface area (Å²) in [5.41, 5.74) is 0.544. The van der Waals surface area contributed by atoms with Gasteiger partial charge >= 0.3 is 0 Å². The number of amides is 1. The first kappa shape index (κ1) is 19.9. The molecular formula is C19H29ClN2O3. The number of nitrogens with zero attached hydrogens (tertiary/aromatic N) is 2. The quantitative estimate of drug-likeness (QED) is 0.770. The summed E-state index contributed by atoms with van der Waals surface area (Å²) in [6, 6.07) is 3.42. The van der Waals surface area contributed by atoms with Crippen LogP contribution in [-0.2, 0) is 0 Å². The van der Waals surface area contributed by atoms with Crippen LogP contribution in [0.2, 0.25) is 5.02 Å². The summed E-state index contributed by atoms with van der Waals surface area (Å²) in [7, 11) is 3.65. The maximum atomic E-state index is 12.8. The minimum absolute atomic E-state index is 0.00997. The average molecular weight is 369 g/mol. The van der Waals surface area contributed by atoms with Gasteiger partial charge in [-0.1, -0.05) is 25.4 Å². The molecule has 2 rings (SSSR count). The number of halogens is 1. The Morgan fingerprint density at radius 3 is 2.68 bits per heavy atom. The molecule has 1 heterocycles. The van der Waals surface area contributed by atoms with Gasteiger partial charge in [-0.2, -0.15) is 0 Å². The zero-order valence-electron chi connectivity index (χ0n) is 15.7. The molecule has 0 atom stereocenters. The number of hydrogen-bond donors (Lipinski definition) is 0. The van der Waals surface area contributed by atoms with E-state index < -0.39 is 0 Å². The second kappa shape index (κ2) is 9.30. The molecule has 1 aromatic rings. The van der Waals surface area contributed by atoms with Crippen molar-refractivity contribution >= 4 is 17.5 Å². The maximum Gasteiger partial charge on any atom is 0.254 e. The zero-order chi connectivity index (χ0) is 18.4. The SMILES string of the molecule is COc1cc(C(=O)N2CCCN(C)CC2)cc(Cl)c1OCCC(C)C. The molecule has 0 saturated carbocycles. The summed E-state index contributed by atoms with van der Waals surface area (Å²) in [5.74, 6) is 1.56. The van der Waals surface area contributed by atoms with Crippen molar-refractivity contribution in [3.05, 3.63) is 22.7 Å². The van der Waals surface area contributed by atoms with Gasteiger partial charge in [-0.3, -0.25) is 4.79 Å². The first-order valence-corrected chi connectivity index (χ1v) is 9.28. The summed E-state index contributed by atoms with van der Waals surface area (Å²) in [6.45, 7) is 8.23. The highest BCUT2D eigenvalue weighted by Crippen LogP contribution is 2.37. The van der Waals surface area contributed by atoms with E-state index in [9.17, 15) is 4.79 Å². The number of ether oxygens (including phenoxy) is 2. The van der Waals surface area contributed by atoms with Crippen molar-refractivity contribution in [2.45, 2.75) is 26.7 Å². The normalized spacial score (nSPS) is 16.0. The number of carbonyl (C=O) groups excluding carboxylic acids is 1. The molecule has 0 bridgehead atoms. The number of likely N-dealkylation sites (N-methyl/N-ethyl adjacent to an activating group) is 1. The molecule has 0 spiro atoms. The highest BCUT2D eigenvalue weighted by atomic mass is 35.5. The van der Waals surface area contributed by atoms with Gasteiger partial charge in [-0.15, -0.1) is 0 Å². The Labute approximate surface area is 155 Å². The topological polar surface area (TPSA) is 42.0 Å². The van der Waals surface area contributed by atoms with Crippen LogP contribution >= 0.6 is 11.6 Å². The fourth-order valence-corrected chi connectivity index (χ4v) is 3.08. The fraction of sp³-hybridized carbons (Fsp3) is 0.632. The van der Waals surface area contributed by atoms with Gasteiger partial charge in [0.2, 0.25) is 0 Å². The predicted octanol–water partition coefficient (Wildman–Crippen LogP) is 3.55. The van der Waals surface area contributed by atoms with Gasteiger partial charge < -0.3 is 19.3 Å². The average Bonchev–Trinajstić information content (AvgIpc) is 2.79. The van der Waals surface area contributed by atoms with Gasteiger partial charge in [0.15, 0.2) is 11.5 Å². The Kier molecular flexibility index (Phi) is 7.38. The molecule has 1 aliphatic heterocycles. The molecule has 0 N–H and O–H groups in total. The lowest BCUT2D eigenvalue weighted by atomic mass is 10.1. The number of hydrogen-bond acceptors (Lipinski definition) is 4. The van der Waals surface area contributed by atoms with Gasteiger partial charge in [-0.25, -0.2) is 0 Å². The molecule has 0 radical (unpaired) electrons. The van der Waals surface area contributed by atoms with E-state index in [0.29, 0.717) is 34.6 Å². The van der Waals surface area contributed by atoms with Crippen LogP contribution in [0.1, 0.15) is 37.0 Å². The second-order valence-corrected chi connectivity index (χ2v) is 7.38. The van der Waals surface area contributed by atoms with Gasteiger partial charge in [0.25, 0.3) is 5.91 Å². The van der Waals surface area contributed by atoms with Crippen LogP contribution < -0.4 is 9.47 Å². The number of benzene rings is 1. The van der Waals surface area contributed by atoms with Crippen molar-refractivity contribution in [3.8, 4) is 11.5 Å². The van der Waals surface area contributed by atoms with Crippen molar-refractivity contribution < 1.29 is 14.3 Å². The molecule has 5 nitrogen and oxygen atoms in total. The number of rotatable bonds is 6. The molecule has 1 amide bonds. The van der Waals surface area contributed by atoms with E-state index in [-0.39, 0.29) is 5.91 Å². The standard InChI is InChI=1S/C19H29ClN2O3/c1-14(2)6-11-25-18-16(20)12-15(13-17(18)24-4)19(23)22-8-5-7-21(3)9-10-22/h12-14H,5-11H2,1-4H3. The lowest BCUT2D eigenvalue weighted by Crippen LogP contribution is -2.34. The zero-order valence-corrected chi connectivity index (χ0v) is 16.4. The molecule has 1 aromatic carbocycles. The lowest BCUT2D eigenvalue weighted by Gasteiger charge is -2.22. The highest BCUT2D eigenvalue weighted by Gasteiger charge is 2.22. The van der Waals surface area contributed by atoms with Gasteiger partial charge in [0.05, 0.1) is 18.7 Å². The Bertz CT molecular complexity index is 592. The summed E-state index contributed by atoms with van der Waals surface area (Å²) in [6.07, 6.45) is 1.91. The molecule has 25 heavy (non-hydrogen) atoms. The van der Waals surface area contributed by atoms with Crippen molar-refractivity contribution in [2.75, 3.05) is 46.9 Å². The number of methoxy groups -OCH3 is 1. The third-order valence-corrected chi connectivity index (χ3v) is 4.71. The number of carbonyl (C=O) groups is 1. The van der Waals surface area contributed by atoms with E-state index in [1.54, 1.807) is 19.2 Å². The smallest absolute Gasteiger partial charge is 0.254 e. The minimum Gasteiger partial charge on any atom is -0.493 e. The largest absolute Gasteiger partial charge is 0.493 e. The third-order valence-electron chi connectivity index (χ3n) is 4.42. The first-order chi connectivity index (χ1) is 11.9. The molecule has 0 aromatic heterocycles. The molecule has 1 fully saturated rings. The summed E-state index contributed by atoms with van der Waals surface area (Å²) < 4.78 is 11.2.